The van der Waals surface area contributed by atoms with Crippen LogP contribution in [0.1, 0.15) is 18.2 Å². The Morgan fingerprint density at radius 3 is 2.17 bits per heavy atom. The number of aromatic nitrogens is 1. The van der Waals surface area contributed by atoms with E-state index in [9.17, 15) is 0 Å². The van der Waals surface area contributed by atoms with E-state index in [1.165, 1.54) is 5.56 Å². The van der Waals surface area contributed by atoms with Crippen molar-refractivity contribution in [3.05, 3.63) is 96.3 Å². The number of hydrogen-bond acceptors (Lipinski definition) is 2. The van der Waals surface area contributed by atoms with E-state index in [1.54, 1.807) is 0 Å². The van der Waals surface area contributed by atoms with Crippen LogP contribution < -0.4 is 9.58 Å². The third-order valence-corrected chi connectivity index (χ3v) is 3.93. The molecule has 0 atom stereocenters. The lowest BCUT2D eigenvalue weighted by Gasteiger charge is -2.20. The molecule has 0 spiro atoms. The van der Waals surface area contributed by atoms with Crippen LogP contribution in [0.3, 0.4) is 0 Å². The zero-order valence-corrected chi connectivity index (χ0v) is 14.1. The molecule has 3 rings (SSSR count). The lowest BCUT2D eigenvalue weighted by Crippen LogP contribution is -2.35. The molecule has 0 fully saturated rings. The SMILES string of the molecule is CC(=NN(Cc1ccccc1)c1ccccc1)c1cccc[n+]1C. The summed E-state index contributed by atoms with van der Waals surface area (Å²) in [4.78, 5) is 0. The second-order valence-electron chi connectivity index (χ2n) is 5.76. The number of hydrogen-bond donors (Lipinski definition) is 0. The Kier molecular flexibility index (Phi) is 5.02. The van der Waals surface area contributed by atoms with Gasteiger partial charge in [0, 0.05) is 12.1 Å². The molecule has 3 aromatic rings. The van der Waals surface area contributed by atoms with Crippen LogP contribution in [-0.2, 0) is 13.6 Å². The highest BCUT2D eigenvalue weighted by Crippen LogP contribution is 2.18. The Balaban J connectivity index is 1.96. The second kappa shape index (κ2) is 7.55. The number of rotatable bonds is 5. The van der Waals surface area contributed by atoms with Crippen molar-refractivity contribution in [2.45, 2.75) is 13.5 Å². The molecule has 0 unspecified atom stereocenters. The van der Waals surface area contributed by atoms with Gasteiger partial charge in [-0.3, -0.25) is 5.01 Å². The molecule has 0 aliphatic carbocycles. The van der Waals surface area contributed by atoms with Crippen LogP contribution in [-0.4, -0.2) is 5.71 Å². The van der Waals surface area contributed by atoms with Gasteiger partial charge in [-0.2, -0.15) is 9.67 Å². The number of pyridine rings is 1. The first-order chi connectivity index (χ1) is 11.7. The quantitative estimate of drug-likeness (QED) is 0.396. The van der Waals surface area contributed by atoms with E-state index in [4.69, 9.17) is 5.10 Å². The predicted octanol–water partition coefficient (Wildman–Crippen LogP) is 3.94. The summed E-state index contributed by atoms with van der Waals surface area (Å²) in [6.07, 6.45) is 2.04. The molecule has 0 aliphatic rings. The van der Waals surface area contributed by atoms with Crippen molar-refractivity contribution < 1.29 is 4.57 Å². The van der Waals surface area contributed by atoms with Gasteiger partial charge in [-0.25, -0.2) is 0 Å². The number of anilines is 1. The van der Waals surface area contributed by atoms with E-state index in [2.05, 4.69) is 59.0 Å². The summed E-state index contributed by atoms with van der Waals surface area (Å²) in [6.45, 7) is 2.79. The normalized spacial score (nSPS) is 11.3. The van der Waals surface area contributed by atoms with E-state index in [-0.39, 0.29) is 0 Å². The third kappa shape index (κ3) is 3.87. The van der Waals surface area contributed by atoms with Crippen molar-refractivity contribution >= 4 is 11.4 Å². The van der Waals surface area contributed by atoms with E-state index in [0.29, 0.717) is 0 Å². The Hall–Kier alpha value is -2.94. The summed E-state index contributed by atoms with van der Waals surface area (Å²) in [5, 5.41) is 6.96. The fraction of sp³-hybridized carbons (Fsp3) is 0.143. The lowest BCUT2D eigenvalue weighted by molar-refractivity contribution is -0.672. The minimum Gasteiger partial charge on any atom is -0.261 e. The van der Waals surface area contributed by atoms with E-state index >= 15 is 0 Å². The molecule has 0 saturated heterocycles. The van der Waals surface area contributed by atoms with Gasteiger partial charge in [0.1, 0.15) is 12.8 Å². The molecule has 24 heavy (non-hydrogen) atoms. The minimum atomic E-state index is 0.735. The number of nitrogens with zero attached hydrogens (tertiary/aromatic N) is 3. The standard InChI is InChI=1S/C21H22N3/c1-18(21-15-9-10-16-23(21)2)22-24(20-13-7-4-8-14-20)17-19-11-5-3-6-12-19/h3-16H,17H2,1-2H3/q+1. The second-order valence-corrected chi connectivity index (χ2v) is 5.76. The molecule has 0 saturated carbocycles. The fourth-order valence-electron chi connectivity index (χ4n) is 2.67. The lowest BCUT2D eigenvalue weighted by atomic mass is 10.2. The highest BCUT2D eigenvalue weighted by atomic mass is 15.5. The zero-order chi connectivity index (χ0) is 16.8. The highest BCUT2D eigenvalue weighted by molar-refractivity contribution is 5.96. The fourth-order valence-corrected chi connectivity index (χ4v) is 2.67. The minimum absolute atomic E-state index is 0.735. The van der Waals surface area contributed by atoms with Crippen molar-refractivity contribution in [1.82, 2.24) is 0 Å². The summed E-state index contributed by atoms with van der Waals surface area (Å²) in [5.41, 5.74) is 4.40. The molecular formula is C21H22N3+. The van der Waals surface area contributed by atoms with Gasteiger partial charge in [0.05, 0.1) is 12.2 Å². The Bertz CT molecular complexity index is 811. The number of hydrazone groups is 1. The smallest absolute Gasteiger partial charge is 0.228 e. The topological polar surface area (TPSA) is 19.5 Å². The molecule has 3 heteroatoms. The maximum atomic E-state index is 4.90. The van der Waals surface area contributed by atoms with Crippen molar-refractivity contribution in [3.8, 4) is 0 Å². The molecule has 1 heterocycles. The summed E-state index contributed by atoms with van der Waals surface area (Å²) in [7, 11) is 2.04. The summed E-state index contributed by atoms with van der Waals surface area (Å²) < 4.78 is 2.09. The molecule has 2 aromatic carbocycles. The van der Waals surface area contributed by atoms with Crippen LogP contribution >= 0.6 is 0 Å². The van der Waals surface area contributed by atoms with Crippen LogP contribution in [0, 0.1) is 0 Å². The van der Waals surface area contributed by atoms with Crippen LogP contribution in [0.4, 0.5) is 5.69 Å². The van der Waals surface area contributed by atoms with Gasteiger partial charge in [-0.05, 0) is 30.7 Å². The highest BCUT2D eigenvalue weighted by Gasteiger charge is 2.12. The van der Waals surface area contributed by atoms with E-state index in [0.717, 1.165) is 23.6 Å². The Morgan fingerprint density at radius 1 is 0.875 bits per heavy atom. The molecule has 0 N–H and O–H groups in total. The van der Waals surface area contributed by atoms with Gasteiger partial charge in [0.15, 0.2) is 6.20 Å². The van der Waals surface area contributed by atoms with Gasteiger partial charge in [0.25, 0.3) is 0 Å². The number of aryl methyl sites for hydroxylation is 1. The largest absolute Gasteiger partial charge is 0.261 e. The molecule has 120 valence electrons. The van der Waals surface area contributed by atoms with Crippen LogP contribution in [0.15, 0.2) is 90.2 Å². The average molecular weight is 316 g/mol. The van der Waals surface area contributed by atoms with Crippen molar-refractivity contribution in [2.24, 2.45) is 12.1 Å². The van der Waals surface area contributed by atoms with E-state index < -0.39 is 0 Å². The van der Waals surface area contributed by atoms with Crippen molar-refractivity contribution in [2.75, 3.05) is 5.01 Å². The average Bonchev–Trinajstić information content (AvgIpc) is 2.63. The summed E-state index contributed by atoms with van der Waals surface area (Å²) in [6, 6.07) is 26.9. The van der Waals surface area contributed by atoms with Gasteiger partial charge >= 0.3 is 0 Å². The Labute approximate surface area is 143 Å². The molecular weight excluding hydrogens is 294 g/mol. The maximum Gasteiger partial charge on any atom is 0.228 e. The first-order valence-corrected chi connectivity index (χ1v) is 8.11. The molecule has 1 aromatic heterocycles. The van der Waals surface area contributed by atoms with Crippen LogP contribution in [0.5, 0.6) is 0 Å². The van der Waals surface area contributed by atoms with Crippen molar-refractivity contribution in [1.29, 1.82) is 0 Å². The summed E-state index contributed by atoms with van der Waals surface area (Å²) >= 11 is 0. The first kappa shape index (κ1) is 15.9. The predicted molar refractivity (Wildman–Crippen MR) is 98.9 cm³/mol. The molecule has 0 bridgehead atoms. The molecule has 0 radical (unpaired) electrons. The number of benzene rings is 2. The monoisotopic (exact) mass is 316 g/mol. The molecule has 3 nitrogen and oxygen atoms in total. The van der Waals surface area contributed by atoms with Gasteiger partial charge in [-0.15, -0.1) is 0 Å². The van der Waals surface area contributed by atoms with Gasteiger partial charge in [-0.1, -0.05) is 48.5 Å². The van der Waals surface area contributed by atoms with Gasteiger partial charge in [0.2, 0.25) is 5.69 Å². The zero-order valence-electron chi connectivity index (χ0n) is 14.1. The summed E-state index contributed by atoms with van der Waals surface area (Å²) in [5.74, 6) is 0. The van der Waals surface area contributed by atoms with Gasteiger partial charge < -0.3 is 0 Å². The van der Waals surface area contributed by atoms with Crippen molar-refractivity contribution in [3.63, 3.8) is 0 Å². The maximum absolute atomic E-state index is 4.90. The molecule has 0 amide bonds. The van der Waals surface area contributed by atoms with E-state index in [1.807, 2.05) is 49.6 Å². The van der Waals surface area contributed by atoms with Crippen LogP contribution in [0.25, 0.3) is 0 Å². The number of para-hydroxylation sites is 1. The van der Waals surface area contributed by atoms with Crippen LogP contribution in [0.2, 0.25) is 0 Å². The first-order valence-electron chi connectivity index (χ1n) is 8.11. The molecule has 0 aliphatic heterocycles. The Morgan fingerprint density at radius 2 is 1.50 bits per heavy atom. The third-order valence-electron chi connectivity index (χ3n) is 3.93.